The molecule has 0 fully saturated rings. The molecule has 0 heterocycles. The van der Waals surface area contributed by atoms with Crippen LogP contribution in [0.3, 0.4) is 0 Å². The van der Waals surface area contributed by atoms with Crippen molar-refractivity contribution in [1.29, 1.82) is 0 Å². The highest BCUT2D eigenvalue weighted by atomic mass is 19.1. The highest BCUT2D eigenvalue weighted by molar-refractivity contribution is 5.82. The average molecular weight is 218 g/mol. The van der Waals surface area contributed by atoms with E-state index >= 15 is 0 Å². The normalized spacial score (nSPS) is 12.9. The molecule has 0 saturated heterocycles. The minimum absolute atomic E-state index is 0.481. The van der Waals surface area contributed by atoms with Crippen molar-refractivity contribution in [2.45, 2.75) is 18.9 Å². The lowest BCUT2D eigenvalue weighted by Crippen LogP contribution is -2.09. The Labute approximate surface area is 94.5 Å². The fourth-order valence-electron chi connectivity index (χ4n) is 1.80. The smallest absolute Gasteiger partial charge is 0.115 e. The van der Waals surface area contributed by atoms with Gasteiger partial charge in [0.2, 0.25) is 0 Å². The number of hydrogen-bond acceptors (Lipinski definition) is 1. The van der Waals surface area contributed by atoms with Crippen LogP contribution < -0.4 is 0 Å². The molecule has 16 heavy (non-hydrogen) atoms. The fraction of sp³-hybridized carbons (Fsp3) is 0.286. The summed E-state index contributed by atoms with van der Waals surface area (Å²) in [6, 6.07) is 14.3. The van der Waals surface area contributed by atoms with Crippen LogP contribution in [0.2, 0.25) is 0 Å². The first-order chi connectivity index (χ1) is 7.79. The molecular formula is C14H15FO. The number of fused-ring (bicyclic) bond motifs is 1. The zero-order valence-corrected chi connectivity index (χ0v) is 9.07. The Hall–Kier alpha value is -1.41. The Morgan fingerprint density at radius 2 is 1.81 bits per heavy atom. The Morgan fingerprint density at radius 3 is 2.56 bits per heavy atom. The van der Waals surface area contributed by atoms with Gasteiger partial charge in [0.1, 0.15) is 6.67 Å². The third-order valence-electron chi connectivity index (χ3n) is 2.76. The van der Waals surface area contributed by atoms with Crippen LogP contribution >= 0.6 is 0 Å². The number of benzene rings is 2. The van der Waals surface area contributed by atoms with Crippen LogP contribution in [-0.2, 0) is 6.42 Å². The highest BCUT2D eigenvalue weighted by Gasteiger charge is 2.03. The maximum Gasteiger partial charge on any atom is 0.115 e. The van der Waals surface area contributed by atoms with Crippen LogP contribution in [0.5, 0.6) is 0 Å². The molecule has 1 atom stereocenters. The molecule has 2 heteroatoms. The first kappa shape index (κ1) is 11.1. The van der Waals surface area contributed by atoms with Gasteiger partial charge >= 0.3 is 0 Å². The molecule has 2 rings (SSSR count). The van der Waals surface area contributed by atoms with Crippen molar-refractivity contribution in [2.24, 2.45) is 0 Å². The van der Waals surface area contributed by atoms with Crippen LogP contribution in [0.15, 0.2) is 42.5 Å². The first-order valence-corrected chi connectivity index (χ1v) is 5.51. The maximum atomic E-state index is 12.1. The highest BCUT2D eigenvalue weighted by Crippen LogP contribution is 2.17. The van der Waals surface area contributed by atoms with Gasteiger partial charge in [0.25, 0.3) is 0 Å². The lowest BCUT2D eigenvalue weighted by molar-refractivity contribution is 0.131. The van der Waals surface area contributed by atoms with Crippen molar-refractivity contribution in [3.63, 3.8) is 0 Å². The Bertz CT molecular complexity index is 467. The van der Waals surface area contributed by atoms with Crippen molar-refractivity contribution in [1.82, 2.24) is 0 Å². The van der Waals surface area contributed by atoms with E-state index < -0.39 is 12.8 Å². The summed E-state index contributed by atoms with van der Waals surface area (Å²) in [5.41, 5.74) is 1.14. The third kappa shape index (κ3) is 2.58. The van der Waals surface area contributed by atoms with Gasteiger partial charge in [0.05, 0.1) is 6.10 Å². The van der Waals surface area contributed by atoms with Crippen molar-refractivity contribution >= 4 is 10.8 Å². The molecule has 0 radical (unpaired) electrons. The molecule has 0 amide bonds. The number of alkyl halides is 1. The van der Waals surface area contributed by atoms with E-state index in [1.165, 1.54) is 10.8 Å². The van der Waals surface area contributed by atoms with Gasteiger partial charge in [0, 0.05) is 0 Å². The summed E-state index contributed by atoms with van der Waals surface area (Å²) in [6.07, 6.45) is 0.372. The number of aryl methyl sites for hydroxylation is 1. The molecule has 0 aromatic heterocycles. The molecule has 1 unspecified atom stereocenters. The van der Waals surface area contributed by atoms with Gasteiger partial charge in [-0.2, -0.15) is 0 Å². The Kier molecular flexibility index (Phi) is 3.52. The largest absolute Gasteiger partial charge is 0.390 e. The van der Waals surface area contributed by atoms with E-state index in [1.807, 2.05) is 18.2 Å². The van der Waals surface area contributed by atoms with Crippen molar-refractivity contribution in [3.05, 3.63) is 48.0 Å². The van der Waals surface area contributed by atoms with Crippen LogP contribution in [0.1, 0.15) is 12.0 Å². The summed E-state index contributed by atoms with van der Waals surface area (Å²) < 4.78 is 12.1. The maximum absolute atomic E-state index is 12.1. The fourth-order valence-corrected chi connectivity index (χ4v) is 1.80. The second-order valence-electron chi connectivity index (χ2n) is 4.03. The lowest BCUT2D eigenvalue weighted by Gasteiger charge is -2.06. The van der Waals surface area contributed by atoms with Crippen LogP contribution in [0.25, 0.3) is 10.8 Å². The molecule has 0 aliphatic carbocycles. The molecule has 0 aliphatic rings. The molecule has 1 N–H and O–H groups in total. The Balaban J connectivity index is 2.13. The summed E-state index contributed by atoms with van der Waals surface area (Å²) in [5, 5.41) is 11.6. The van der Waals surface area contributed by atoms with E-state index in [1.54, 1.807) is 0 Å². The van der Waals surface area contributed by atoms with Gasteiger partial charge in [-0.3, -0.25) is 0 Å². The predicted octanol–water partition coefficient (Wildman–Crippen LogP) is 3.10. The zero-order valence-electron chi connectivity index (χ0n) is 9.07. The van der Waals surface area contributed by atoms with Crippen LogP contribution in [0.4, 0.5) is 4.39 Å². The second-order valence-corrected chi connectivity index (χ2v) is 4.03. The summed E-state index contributed by atoms with van der Waals surface area (Å²) in [5.74, 6) is 0. The minimum atomic E-state index is -0.827. The molecular weight excluding hydrogens is 203 g/mol. The Morgan fingerprint density at radius 1 is 1.06 bits per heavy atom. The molecule has 0 aliphatic heterocycles. The monoisotopic (exact) mass is 218 g/mol. The van der Waals surface area contributed by atoms with Gasteiger partial charge in [-0.1, -0.05) is 42.5 Å². The van der Waals surface area contributed by atoms with Gasteiger partial charge in [0.15, 0.2) is 0 Å². The zero-order chi connectivity index (χ0) is 11.4. The van der Waals surface area contributed by atoms with E-state index in [-0.39, 0.29) is 0 Å². The summed E-state index contributed by atoms with van der Waals surface area (Å²) in [7, 11) is 0. The predicted molar refractivity (Wildman–Crippen MR) is 64.3 cm³/mol. The van der Waals surface area contributed by atoms with Gasteiger partial charge in [-0.15, -0.1) is 0 Å². The van der Waals surface area contributed by atoms with E-state index in [9.17, 15) is 4.39 Å². The van der Waals surface area contributed by atoms with Crippen LogP contribution in [-0.4, -0.2) is 17.9 Å². The van der Waals surface area contributed by atoms with E-state index in [2.05, 4.69) is 24.3 Å². The van der Waals surface area contributed by atoms with E-state index in [4.69, 9.17) is 5.11 Å². The SMILES string of the molecule is OC(CF)CCc1ccc2ccccc2c1. The molecule has 84 valence electrons. The number of halogens is 1. The van der Waals surface area contributed by atoms with Crippen molar-refractivity contribution in [3.8, 4) is 0 Å². The quantitative estimate of drug-likeness (QED) is 0.836. The van der Waals surface area contributed by atoms with Crippen LogP contribution in [0, 0.1) is 0 Å². The van der Waals surface area contributed by atoms with Gasteiger partial charge < -0.3 is 5.11 Å². The summed E-state index contributed by atoms with van der Waals surface area (Å²) in [4.78, 5) is 0. The topological polar surface area (TPSA) is 20.2 Å². The van der Waals surface area contributed by atoms with Crippen molar-refractivity contribution in [2.75, 3.05) is 6.67 Å². The summed E-state index contributed by atoms with van der Waals surface area (Å²) >= 11 is 0. The van der Waals surface area contributed by atoms with Crippen molar-refractivity contribution < 1.29 is 9.50 Å². The first-order valence-electron chi connectivity index (χ1n) is 5.51. The third-order valence-corrected chi connectivity index (χ3v) is 2.76. The summed E-state index contributed by atoms with van der Waals surface area (Å²) in [6.45, 7) is -0.659. The standard InChI is InChI=1S/C14H15FO/c15-10-14(16)8-6-11-5-7-12-3-1-2-4-13(12)9-11/h1-5,7,9,14,16H,6,8,10H2. The molecule has 0 saturated carbocycles. The number of aliphatic hydroxyl groups excluding tert-OH is 1. The number of hydrogen-bond donors (Lipinski definition) is 1. The molecule has 1 nitrogen and oxygen atoms in total. The van der Waals surface area contributed by atoms with E-state index in [0.29, 0.717) is 6.42 Å². The molecule has 0 spiro atoms. The second kappa shape index (κ2) is 5.08. The lowest BCUT2D eigenvalue weighted by atomic mass is 10.0. The average Bonchev–Trinajstić information content (AvgIpc) is 2.35. The van der Waals surface area contributed by atoms with Gasteiger partial charge in [-0.25, -0.2) is 4.39 Å². The molecule has 2 aromatic carbocycles. The molecule has 0 bridgehead atoms. The minimum Gasteiger partial charge on any atom is -0.390 e. The number of rotatable bonds is 4. The molecule has 2 aromatic rings. The van der Waals surface area contributed by atoms with E-state index in [0.717, 1.165) is 12.0 Å². The van der Waals surface area contributed by atoms with Gasteiger partial charge in [-0.05, 0) is 29.2 Å². The number of aliphatic hydroxyl groups is 1.